The van der Waals surface area contributed by atoms with E-state index in [1.807, 2.05) is 6.07 Å². The molecule has 2 unspecified atom stereocenters. The van der Waals surface area contributed by atoms with Crippen LogP contribution in [0.2, 0.25) is 0 Å². The second-order valence-corrected chi connectivity index (χ2v) is 7.23. The molecule has 1 aromatic rings. The van der Waals surface area contributed by atoms with Gasteiger partial charge in [-0.3, -0.25) is 9.48 Å². The first kappa shape index (κ1) is 16.0. The van der Waals surface area contributed by atoms with E-state index < -0.39 is 0 Å². The summed E-state index contributed by atoms with van der Waals surface area (Å²) in [4.78, 5) is 14.3. The van der Waals surface area contributed by atoms with Crippen LogP contribution in [0.25, 0.3) is 0 Å². The maximum Gasteiger partial charge on any atom is 0.271 e. The second-order valence-electron chi connectivity index (χ2n) is 7.23. The van der Waals surface area contributed by atoms with Crippen molar-refractivity contribution in [2.24, 2.45) is 13.0 Å². The van der Waals surface area contributed by atoms with Crippen molar-refractivity contribution in [3.63, 3.8) is 0 Å². The van der Waals surface area contributed by atoms with Crippen molar-refractivity contribution in [1.29, 1.82) is 0 Å². The van der Waals surface area contributed by atoms with Gasteiger partial charge in [0.05, 0.1) is 11.8 Å². The molecule has 5 heteroatoms. The van der Waals surface area contributed by atoms with Gasteiger partial charge in [-0.2, -0.15) is 5.10 Å². The van der Waals surface area contributed by atoms with Crippen LogP contribution in [-0.2, 0) is 12.5 Å². The monoisotopic (exact) mass is 293 g/mol. The van der Waals surface area contributed by atoms with Gasteiger partial charge < -0.3 is 10.0 Å². The van der Waals surface area contributed by atoms with Gasteiger partial charge in [0.2, 0.25) is 0 Å². The summed E-state index contributed by atoms with van der Waals surface area (Å²) >= 11 is 0. The standard InChI is InChI=1S/C16H27N3O2/c1-16(2,3)14-9-12(19(5)17-14)15(21)18(4)10-11-7-6-8-13(11)20/h9,11,13,20H,6-8,10H2,1-5H3. The maximum absolute atomic E-state index is 12.6. The molecule has 0 spiro atoms. The van der Waals surface area contributed by atoms with Gasteiger partial charge in [-0.15, -0.1) is 0 Å². The molecule has 2 rings (SSSR count). The highest BCUT2D eigenvalue weighted by Gasteiger charge is 2.29. The lowest BCUT2D eigenvalue weighted by molar-refractivity contribution is 0.0684. The molecule has 1 heterocycles. The molecule has 1 aliphatic carbocycles. The molecule has 21 heavy (non-hydrogen) atoms. The molecule has 1 aliphatic rings. The molecule has 2 atom stereocenters. The number of aliphatic hydroxyl groups is 1. The molecule has 1 aromatic heterocycles. The third-order valence-corrected chi connectivity index (χ3v) is 4.34. The minimum Gasteiger partial charge on any atom is -0.393 e. The molecule has 1 amide bonds. The summed E-state index contributed by atoms with van der Waals surface area (Å²) in [6, 6.07) is 1.88. The van der Waals surface area contributed by atoms with E-state index in [2.05, 4.69) is 25.9 Å². The molecule has 1 saturated carbocycles. The predicted octanol–water partition coefficient (Wildman–Crippen LogP) is 1.95. The smallest absolute Gasteiger partial charge is 0.271 e. The van der Waals surface area contributed by atoms with E-state index in [1.54, 1.807) is 23.7 Å². The van der Waals surface area contributed by atoms with E-state index >= 15 is 0 Å². The van der Waals surface area contributed by atoms with Gasteiger partial charge in [-0.05, 0) is 18.9 Å². The van der Waals surface area contributed by atoms with Crippen LogP contribution in [0.4, 0.5) is 0 Å². The molecule has 5 nitrogen and oxygen atoms in total. The number of aromatic nitrogens is 2. The summed E-state index contributed by atoms with van der Waals surface area (Å²) in [5.41, 5.74) is 1.45. The van der Waals surface area contributed by atoms with Crippen molar-refractivity contribution in [3.05, 3.63) is 17.5 Å². The lowest BCUT2D eigenvalue weighted by atomic mass is 9.92. The summed E-state index contributed by atoms with van der Waals surface area (Å²) in [6.45, 7) is 6.86. The van der Waals surface area contributed by atoms with Crippen LogP contribution in [0.1, 0.15) is 56.2 Å². The van der Waals surface area contributed by atoms with Gasteiger partial charge in [-0.25, -0.2) is 0 Å². The number of aryl methyl sites for hydroxylation is 1. The number of aliphatic hydroxyl groups excluding tert-OH is 1. The highest BCUT2D eigenvalue weighted by atomic mass is 16.3. The fourth-order valence-electron chi connectivity index (χ4n) is 2.89. The minimum atomic E-state index is -0.267. The minimum absolute atomic E-state index is 0.0281. The number of carbonyl (C=O) groups excluding carboxylic acids is 1. The number of hydrogen-bond donors (Lipinski definition) is 1. The number of hydrogen-bond acceptors (Lipinski definition) is 3. The first-order valence-electron chi connectivity index (χ1n) is 7.68. The molecule has 0 bridgehead atoms. The Bertz CT molecular complexity index is 516. The van der Waals surface area contributed by atoms with Gasteiger partial charge >= 0.3 is 0 Å². The summed E-state index contributed by atoms with van der Waals surface area (Å²) < 4.78 is 1.66. The molecule has 0 saturated heterocycles. The summed E-state index contributed by atoms with van der Waals surface area (Å²) in [7, 11) is 3.61. The van der Waals surface area contributed by atoms with Crippen LogP contribution >= 0.6 is 0 Å². The lowest BCUT2D eigenvalue weighted by Gasteiger charge is -2.23. The first-order chi connectivity index (χ1) is 9.70. The van der Waals surface area contributed by atoms with E-state index in [4.69, 9.17) is 0 Å². The zero-order valence-corrected chi connectivity index (χ0v) is 13.8. The number of amides is 1. The second kappa shape index (κ2) is 5.79. The van der Waals surface area contributed by atoms with E-state index in [1.165, 1.54) is 0 Å². The number of rotatable bonds is 3. The molecule has 1 N–H and O–H groups in total. The van der Waals surface area contributed by atoms with E-state index in [-0.39, 0.29) is 23.3 Å². The fourth-order valence-corrected chi connectivity index (χ4v) is 2.89. The molecule has 0 aliphatic heterocycles. The summed E-state index contributed by atoms with van der Waals surface area (Å²) in [6.07, 6.45) is 2.63. The van der Waals surface area contributed by atoms with Crippen LogP contribution < -0.4 is 0 Å². The average Bonchev–Trinajstić information content (AvgIpc) is 2.95. The van der Waals surface area contributed by atoms with Gasteiger partial charge in [0.25, 0.3) is 5.91 Å². The highest BCUT2D eigenvalue weighted by molar-refractivity contribution is 5.92. The molecular formula is C16H27N3O2. The Balaban J connectivity index is 2.10. The zero-order chi connectivity index (χ0) is 15.8. The Hall–Kier alpha value is -1.36. The lowest BCUT2D eigenvalue weighted by Crippen LogP contribution is -2.35. The summed E-state index contributed by atoms with van der Waals surface area (Å²) in [5, 5.41) is 14.4. The molecule has 118 valence electrons. The first-order valence-corrected chi connectivity index (χ1v) is 7.68. The van der Waals surface area contributed by atoms with Crippen LogP contribution in [0, 0.1) is 5.92 Å². The Morgan fingerprint density at radius 1 is 1.48 bits per heavy atom. The fraction of sp³-hybridized carbons (Fsp3) is 0.750. The molecular weight excluding hydrogens is 266 g/mol. The Labute approximate surface area is 126 Å². The van der Waals surface area contributed by atoms with Gasteiger partial charge in [-0.1, -0.05) is 27.2 Å². The van der Waals surface area contributed by atoms with E-state index in [0.717, 1.165) is 25.0 Å². The van der Waals surface area contributed by atoms with Gasteiger partial charge in [0.1, 0.15) is 5.69 Å². The zero-order valence-electron chi connectivity index (χ0n) is 13.8. The quantitative estimate of drug-likeness (QED) is 0.926. The number of carbonyl (C=O) groups is 1. The van der Waals surface area contributed by atoms with Crippen LogP contribution in [-0.4, -0.2) is 45.4 Å². The van der Waals surface area contributed by atoms with Crippen molar-refractivity contribution in [2.75, 3.05) is 13.6 Å². The topological polar surface area (TPSA) is 58.4 Å². The largest absolute Gasteiger partial charge is 0.393 e. The number of nitrogens with zero attached hydrogens (tertiary/aromatic N) is 3. The molecule has 1 fully saturated rings. The Morgan fingerprint density at radius 3 is 2.62 bits per heavy atom. The third-order valence-electron chi connectivity index (χ3n) is 4.34. The summed E-state index contributed by atoms with van der Waals surface area (Å²) in [5.74, 6) is 0.175. The van der Waals surface area contributed by atoms with E-state index in [9.17, 15) is 9.90 Å². The van der Waals surface area contributed by atoms with Crippen LogP contribution in [0.3, 0.4) is 0 Å². The van der Waals surface area contributed by atoms with Gasteiger partial charge in [0, 0.05) is 32.0 Å². The average molecular weight is 293 g/mol. The van der Waals surface area contributed by atoms with Gasteiger partial charge in [0.15, 0.2) is 0 Å². The van der Waals surface area contributed by atoms with Crippen LogP contribution in [0.15, 0.2) is 6.07 Å². The molecule has 0 radical (unpaired) electrons. The predicted molar refractivity (Wildman–Crippen MR) is 82.2 cm³/mol. The Kier molecular flexibility index (Phi) is 4.42. The van der Waals surface area contributed by atoms with Crippen molar-refractivity contribution in [1.82, 2.24) is 14.7 Å². The van der Waals surface area contributed by atoms with E-state index in [0.29, 0.717) is 12.2 Å². The normalized spacial score (nSPS) is 22.6. The van der Waals surface area contributed by atoms with Crippen molar-refractivity contribution >= 4 is 5.91 Å². The molecule has 0 aromatic carbocycles. The SMILES string of the molecule is CN(CC1CCCC1O)C(=O)c1cc(C(C)(C)C)nn1C. The maximum atomic E-state index is 12.6. The third kappa shape index (κ3) is 3.46. The highest BCUT2D eigenvalue weighted by Crippen LogP contribution is 2.27. The van der Waals surface area contributed by atoms with Crippen molar-refractivity contribution in [2.45, 2.75) is 51.6 Å². The van der Waals surface area contributed by atoms with Crippen LogP contribution in [0.5, 0.6) is 0 Å². The Morgan fingerprint density at radius 2 is 2.14 bits per heavy atom. The van der Waals surface area contributed by atoms with Crippen molar-refractivity contribution < 1.29 is 9.90 Å². The van der Waals surface area contributed by atoms with Crippen molar-refractivity contribution in [3.8, 4) is 0 Å².